The number of nitrogens with two attached hydrogens (primary N) is 1. The van der Waals surface area contributed by atoms with Gasteiger partial charge in [0, 0.05) is 25.7 Å². The van der Waals surface area contributed by atoms with Crippen LogP contribution in [0.3, 0.4) is 0 Å². The zero-order chi connectivity index (χ0) is 14.5. The maximum Gasteiger partial charge on any atom is 0.232 e. The van der Waals surface area contributed by atoms with Crippen LogP contribution in [0.15, 0.2) is 0 Å². The molecule has 2 rings (SSSR count). The quantitative estimate of drug-likeness (QED) is 0.757. The van der Waals surface area contributed by atoms with Crippen molar-refractivity contribution in [2.45, 2.75) is 39.2 Å². The Bertz CT molecular complexity index is 433. The molecule has 112 valence electrons. The molecular weight excluding hydrogens is 256 g/mol. The second kappa shape index (κ2) is 6.69. The van der Waals surface area contributed by atoms with E-state index < -0.39 is 0 Å². The lowest BCUT2D eigenvalue weighted by Crippen LogP contribution is -2.43. The minimum Gasteiger partial charge on any atom is -0.395 e. The van der Waals surface area contributed by atoms with Gasteiger partial charge in [-0.2, -0.15) is 15.0 Å². The summed E-state index contributed by atoms with van der Waals surface area (Å²) in [5.74, 6) is 1.43. The first-order chi connectivity index (χ1) is 9.69. The van der Waals surface area contributed by atoms with Crippen molar-refractivity contribution in [1.29, 1.82) is 0 Å². The molecule has 0 unspecified atom stereocenters. The van der Waals surface area contributed by atoms with Crippen LogP contribution in [0.5, 0.6) is 0 Å². The molecule has 0 atom stereocenters. The van der Waals surface area contributed by atoms with E-state index in [1.54, 1.807) is 0 Å². The number of hydrogen-bond donors (Lipinski definition) is 2. The molecule has 0 radical (unpaired) electrons. The molecule has 1 fully saturated rings. The molecule has 1 saturated carbocycles. The highest BCUT2D eigenvalue weighted by Gasteiger charge is 2.27. The Balaban J connectivity index is 2.28. The van der Waals surface area contributed by atoms with E-state index in [9.17, 15) is 5.11 Å². The first-order valence-electron chi connectivity index (χ1n) is 7.33. The molecule has 7 nitrogen and oxygen atoms in total. The van der Waals surface area contributed by atoms with Crippen molar-refractivity contribution < 1.29 is 5.11 Å². The number of anilines is 3. The SMILES string of the molecule is CCN(CC)c1nc(N)nc(N(CCO)C2CCC2)n1. The molecule has 0 bridgehead atoms. The van der Waals surface area contributed by atoms with Crippen molar-refractivity contribution >= 4 is 17.8 Å². The Morgan fingerprint density at radius 2 is 1.80 bits per heavy atom. The highest BCUT2D eigenvalue weighted by atomic mass is 16.3. The summed E-state index contributed by atoms with van der Waals surface area (Å²) in [6.07, 6.45) is 3.45. The molecule has 1 aromatic rings. The molecule has 0 amide bonds. The molecule has 20 heavy (non-hydrogen) atoms. The summed E-state index contributed by atoms with van der Waals surface area (Å²) in [7, 11) is 0. The minimum absolute atomic E-state index is 0.0860. The average Bonchev–Trinajstić information content (AvgIpc) is 2.37. The third-order valence-electron chi connectivity index (χ3n) is 3.79. The van der Waals surface area contributed by atoms with E-state index in [4.69, 9.17) is 5.73 Å². The Morgan fingerprint density at radius 1 is 1.15 bits per heavy atom. The summed E-state index contributed by atoms with van der Waals surface area (Å²) < 4.78 is 0. The van der Waals surface area contributed by atoms with Crippen LogP contribution in [-0.4, -0.2) is 52.3 Å². The van der Waals surface area contributed by atoms with E-state index in [1.807, 2.05) is 4.90 Å². The standard InChI is InChI=1S/C13H24N6O/c1-3-18(4-2)12-15-11(14)16-13(17-12)19(8-9-20)10-6-5-7-10/h10,20H,3-9H2,1-2H3,(H2,14,15,16,17). The van der Waals surface area contributed by atoms with Gasteiger partial charge in [0.2, 0.25) is 17.8 Å². The van der Waals surface area contributed by atoms with Crippen molar-refractivity contribution in [3.8, 4) is 0 Å². The van der Waals surface area contributed by atoms with Gasteiger partial charge in [-0.15, -0.1) is 0 Å². The van der Waals surface area contributed by atoms with Crippen molar-refractivity contribution in [2.24, 2.45) is 0 Å². The lowest BCUT2D eigenvalue weighted by molar-refractivity contribution is 0.282. The van der Waals surface area contributed by atoms with Gasteiger partial charge >= 0.3 is 0 Å². The predicted octanol–water partition coefficient (Wildman–Crippen LogP) is 0.651. The lowest BCUT2D eigenvalue weighted by Gasteiger charge is -2.37. The maximum absolute atomic E-state index is 9.25. The normalized spacial score (nSPS) is 14.9. The molecule has 1 aliphatic rings. The number of aliphatic hydroxyl groups excluding tert-OH is 1. The summed E-state index contributed by atoms with van der Waals surface area (Å²) in [5.41, 5.74) is 5.82. The fraction of sp³-hybridized carbons (Fsp3) is 0.769. The Kier molecular flexibility index (Phi) is 4.94. The first kappa shape index (κ1) is 14.8. The second-order valence-electron chi connectivity index (χ2n) is 4.97. The summed E-state index contributed by atoms with van der Waals surface area (Å²) in [5, 5.41) is 9.25. The summed E-state index contributed by atoms with van der Waals surface area (Å²) in [6.45, 7) is 6.38. The van der Waals surface area contributed by atoms with Crippen molar-refractivity contribution in [1.82, 2.24) is 15.0 Å². The maximum atomic E-state index is 9.25. The molecule has 0 saturated heterocycles. The van der Waals surface area contributed by atoms with Gasteiger partial charge in [0.25, 0.3) is 0 Å². The molecule has 0 aromatic carbocycles. The van der Waals surface area contributed by atoms with Crippen LogP contribution in [-0.2, 0) is 0 Å². The largest absolute Gasteiger partial charge is 0.395 e. The van der Waals surface area contributed by atoms with E-state index in [0.29, 0.717) is 24.5 Å². The van der Waals surface area contributed by atoms with E-state index >= 15 is 0 Å². The number of rotatable bonds is 7. The lowest BCUT2D eigenvalue weighted by atomic mass is 9.92. The van der Waals surface area contributed by atoms with E-state index in [2.05, 4.69) is 33.7 Å². The van der Waals surface area contributed by atoms with Gasteiger partial charge in [-0.25, -0.2) is 0 Å². The molecule has 1 aromatic heterocycles. The van der Waals surface area contributed by atoms with Gasteiger partial charge in [-0.1, -0.05) is 0 Å². The van der Waals surface area contributed by atoms with E-state index in [1.165, 1.54) is 6.42 Å². The van der Waals surface area contributed by atoms with Gasteiger partial charge in [-0.05, 0) is 33.1 Å². The predicted molar refractivity (Wildman–Crippen MR) is 79.9 cm³/mol. The van der Waals surface area contributed by atoms with Gasteiger partial charge in [0.15, 0.2) is 0 Å². The van der Waals surface area contributed by atoms with E-state index in [-0.39, 0.29) is 12.6 Å². The number of nitrogen functional groups attached to an aromatic ring is 1. The molecule has 3 N–H and O–H groups in total. The average molecular weight is 280 g/mol. The zero-order valence-corrected chi connectivity index (χ0v) is 12.3. The number of hydrogen-bond acceptors (Lipinski definition) is 7. The third kappa shape index (κ3) is 3.09. The van der Waals surface area contributed by atoms with Gasteiger partial charge in [0.05, 0.1) is 6.61 Å². The molecule has 0 spiro atoms. The second-order valence-corrected chi connectivity index (χ2v) is 4.97. The summed E-state index contributed by atoms with van der Waals surface area (Å²) >= 11 is 0. The van der Waals surface area contributed by atoms with Gasteiger partial charge in [-0.3, -0.25) is 0 Å². The van der Waals surface area contributed by atoms with Crippen LogP contribution in [0, 0.1) is 0 Å². The van der Waals surface area contributed by atoms with Crippen molar-refractivity contribution in [3.05, 3.63) is 0 Å². The third-order valence-corrected chi connectivity index (χ3v) is 3.79. The van der Waals surface area contributed by atoms with Crippen molar-refractivity contribution in [2.75, 3.05) is 41.8 Å². The Morgan fingerprint density at radius 3 is 2.30 bits per heavy atom. The first-order valence-corrected chi connectivity index (χ1v) is 7.33. The molecule has 1 aliphatic carbocycles. The summed E-state index contributed by atoms with van der Waals surface area (Å²) in [6, 6.07) is 0.411. The fourth-order valence-electron chi connectivity index (χ4n) is 2.40. The topological polar surface area (TPSA) is 91.4 Å². The van der Waals surface area contributed by atoms with Crippen LogP contribution >= 0.6 is 0 Å². The van der Waals surface area contributed by atoms with Crippen LogP contribution in [0.25, 0.3) is 0 Å². The highest BCUT2D eigenvalue weighted by Crippen LogP contribution is 2.28. The minimum atomic E-state index is 0.0860. The van der Waals surface area contributed by atoms with Crippen molar-refractivity contribution in [3.63, 3.8) is 0 Å². The fourth-order valence-corrected chi connectivity index (χ4v) is 2.40. The molecule has 7 heteroatoms. The van der Waals surface area contributed by atoms with E-state index in [0.717, 1.165) is 25.9 Å². The van der Waals surface area contributed by atoms with Crippen LogP contribution < -0.4 is 15.5 Å². The number of aromatic nitrogens is 3. The Labute approximate surface area is 119 Å². The van der Waals surface area contributed by atoms with Crippen LogP contribution in [0.1, 0.15) is 33.1 Å². The monoisotopic (exact) mass is 280 g/mol. The molecular formula is C13H24N6O. The van der Waals surface area contributed by atoms with Gasteiger partial charge in [0.1, 0.15) is 0 Å². The van der Waals surface area contributed by atoms with Crippen LogP contribution in [0.2, 0.25) is 0 Å². The number of aliphatic hydroxyl groups is 1. The number of nitrogens with zero attached hydrogens (tertiary/aromatic N) is 5. The highest BCUT2D eigenvalue weighted by molar-refractivity contribution is 5.44. The van der Waals surface area contributed by atoms with Crippen LogP contribution in [0.4, 0.5) is 17.8 Å². The summed E-state index contributed by atoms with van der Waals surface area (Å²) in [4.78, 5) is 17.1. The zero-order valence-electron chi connectivity index (χ0n) is 12.3. The Hall–Kier alpha value is -1.63. The van der Waals surface area contributed by atoms with Gasteiger partial charge < -0.3 is 20.6 Å². The smallest absolute Gasteiger partial charge is 0.232 e. The molecule has 0 aliphatic heterocycles. The molecule has 1 heterocycles.